The van der Waals surface area contributed by atoms with E-state index in [9.17, 15) is 19.1 Å². The van der Waals surface area contributed by atoms with Gasteiger partial charge in [0.2, 0.25) is 5.91 Å². The third kappa shape index (κ3) is 8.52. The number of hydrogen-bond acceptors (Lipinski definition) is 4. The van der Waals surface area contributed by atoms with Gasteiger partial charge in [0.25, 0.3) is 0 Å². The maximum Gasteiger partial charge on any atom is 0.221 e. The fourth-order valence-corrected chi connectivity index (χ4v) is 1.81. The number of thioether (sulfide) groups is 1. The van der Waals surface area contributed by atoms with E-state index in [1.165, 1.54) is 11.8 Å². The second kappa shape index (κ2) is 7.49. The van der Waals surface area contributed by atoms with Crippen LogP contribution in [0.25, 0.3) is 0 Å². The molecule has 0 rings (SSSR count). The predicted octanol–water partition coefficient (Wildman–Crippen LogP) is 0.114. The molecule has 1 amide bonds. The molecule has 1 N–H and O–H groups in total. The molecule has 0 aromatic carbocycles. The Kier molecular flexibility index (Phi) is 7.12. The number of nitrogens with one attached hydrogen (secondary N) is 1. The lowest BCUT2D eigenvalue weighted by Gasteiger charge is -2.26. The number of halogens is 1. The van der Waals surface area contributed by atoms with E-state index in [0.717, 1.165) is 0 Å². The van der Waals surface area contributed by atoms with E-state index in [0.29, 0.717) is 11.5 Å². The van der Waals surface area contributed by atoms with Crippen LogP contribution in [0, 0.1) is 0 Å². The third-order valence-corrected chi connectivity index (χ3v) is 2.69. The van der Waals surface area contributed by atoms with E-state index in [4.69, 9.17) is 0 Å². The lowest BCUT2D eigenvalue weighted by atomic mass is 10.0. The summed E-state index contributed by atoms with van der Waals surface area (Å²) in [5.74, 6) is -0.498. The summed E-state index contributed by atoms with van der Waals surface area (Å²) in [7, 11) is 0. The van der Waals surface area contributed by atoms with Gasteiger partial charge in [-0.2, -0.15) is 11.8 Å². The zero-order valence-electron chi connectivity index (χ0n) is 9.55. The minimum atomic E-state index is -1.20. The van der Waals surface area contributed by atoms with Crippen molar-refractivity contribution in [2.75, 3.05) is 18.2 Å². The largest absolute Gasteiger partial charge is 0.550 e. The third-order valence-electron chi connectivity index (χ3n) is 1.76. The fourth-order valence-electron chi connectivity index (χ4n) is 1.17. The van der Waals surface area contributed by atoms with E-state index in [-0.39, 0.29) is 18.7 Å². The molecule has 0 fully saturated rings. The quantitative estimate of drug-likeness (QED) is 0.621. The van der Waals surface area contributed by atoms with Crippen molar-refractivity contribution in [3.8, 4) is 0 Å². The van der Waals surface area contributed by atoms with Gasteiger partial charge in [0.15, 0.2) is 0 Å². The molecule has 0 saturated heterocycles. The van der Waals surface area contributed by atoms with Crippen molar-refractivity contribution in [3.63, 3.8) is 0 Å². The van der Waals surface area contributed by atoms with Crippen molar-refractivity contribution in [3.05, 3.63) is 0 Å². The van der Waals surface area contributed by atoms with E-state index in [1.807, 2.05) is 0 Å². The van der Waals surface area contributed by atoms with E-state index in [2.05, 4.69) is 5.32 Å². The highest BCUT2D eigenvalue weighted by molar-refractivity contribution is 7.99. The molecule has 16 heavy (non-hydrogen) atoms. The van der Waals surface area contributed by atoms with Crippen LogP contribution in [-0.2, 0) is 9.59 Å². The second-order valence-corrected chi connectivity index (χ2v) is 5.26. The van der Waals surface area contributed by atoms with Gasteiger partial charge in [-0.15, -0.1) is 0 Å². The van der Waals surface area contributed by atoms with Crippen molar-refractivity contribution in [2.45, 2.75) is 32.2 Å². The van der Waals surface area contributed by atoms with Gasteiger partial charge in [-0.25, -0.2) is 0 Å². The number of carboxylic acids is 1. The number of carboxylic acid groups (broad SMARTS) is 1. The maximum atomic E-state index is 11.7. The maximum absolute atomic E-state index is 11.7. The number of rotatable bonds is 8. The van der Waals surface area contributed by atoms with Crippen molar-refractivity contribution in [2.24, 2.45) is 0 Å². The molecule has 0 aliphatic heterocycles. The Morgan fingerprint density at radius 1 is 1.38 bits per heavy atom. The molecule has 0 radical (unpaired) electrons. The Balaban J connectivity index is 3.80. The first-order chi connectivity index (χ1) is 7.37. The lowest BCUT2D eigenvalue weighted by Crippen LogP contribution is -2.47. The van der Waals surface area contributed by atoms with E-state index in [1.54, 1.807) is 13.8 Å². The Hall–Kier alpha value is -0.780. The summed E-state index contributed by atoms with van der Waals surface area (Å²) in [5.41, 5.74) is -0.805. The molecule has 94 valence electrons. The average molecular weight is 250 g/mol. The number of carbonyl (C=O) groups excluding carboxylic acids is 2. The Morgan fingerprint density at radius 3 is 2.50 bits per heavy atom. The molecule has 0 aliphatic carbocycles. The van der Waals surface area contributed by atoms with Gasteiger partial charge in [0.1, 0.15) is 0 Å². The van der Waals surface area contributed by atoms with E-state index < -0.39 is 18.2 Å². The lowest BCUT2D eigenvalue weighted by molar-refractivity contribution is -0.306. The van der Waals surface area contributed by atoms with Crippen LogP contribution >= 0.6 is 11.8 Å². The molecule has 4 nitrogen and oxygen atoms in total. The summed E-state index contributed by atoms with van der Waals surface area (Å²) in [6, 6.07) is 0. The highest BCUT2D eigenvalue weighted by atomic mass is 32.2. The fraction of sp³-hybridized carbons (Fsp3) is 0.800. The van der Waals surface area contributed by atoms with Crippen LogP contribution in [0.3, 0.4) is 0 Å². The Bertz CT molecular complexity index is 246. The van der Waals surface area contributed by atoms with Crippen LogP contribution in [0.5, 0.6) is 0 Å². The van der Waals surface area contributed by atoms with Gasteiger partial charge in [-0.1, -0.05) is 0 Å². The Morgan fingerprint density at radius 2 is 2.00 bits per heavy atom. The van der Waals surface area contributed by atoms with Crippen LogP contribution in [0.15, 0.2) is 0 Å². The highest BCUT2D eigenvalue weighted by Crippen LogP contribution is 2.08. The molecular formula is C10H17FNO3S-. The van der Waals surface area contributed by atoms with Crippen LogP contribution in [-0.4, -0.2) is 35.6 Å². The van der Waals surface area contributed by atoms with Gasteiger partial charge in [-0.3, -0.25) is 9.18 Å². The number of amides is 1. The van der Waals surface area contributed by atoms with Crippen molar-refractivity contribution in [1.29, 1.82) is 0 Å². The first-order valence-electron chi connectivity index (χ1n) is 5.02. The summed E-state index contributed by atoms with van der Waals surface area (Å²) in [6.45, 7) is 2.84. The van der Waals surface area contributed by atoms with Gasteiger partial charge in [0, 0.05) is 35.9 Å². The predicted molar refractivity (Wildman–Crippen MR) is 59.8 cm³/mol. The van der Waals surface area contributed by atoms with Gasteiger partial charge in [-0.05, 0) is 13.8 Å². The van der Waals surface area contributed by atoms with Crippen molar-refractivity contribution in [1.82, 2.24) is 5.32 Å². The SMILES string of the molecule is CC(C)(CC(=O)[O-])NC(=O)CCSCCF. The molecule has 0 aliphatic rings. The average Bonchev–Trinajstić information content (AvgIpc) is 2.09. The van der Waals surface area contributed by atoms with Crippen LogP contribution in [0.2, 0.25) is 0 Å². The van der Waals surface area contributed by atoms with E-state index >= 15 is 0 Å². The molecule has 0 bridgehead atoms. The molecule has 0 heterocycles. The topological polar surface area (TPSA) is 69.2 Å². The number of hydrogen-bond donors (Lipinski definition) is 1. The minimum absolute atomic E-state index is 0.224. The van der Waals surface area contributed by atoms with Crippen molar-refractivity contribution < 1.29 is 19.1 Å². The molecule has 6 heteroatoms. The molecular weight excluding hydrogens is 233 g/mol. The molecule has 0 aromatic rings. The number of alkyl halides is 1. The first kappa shape index (κ1) is 15.2. The summed E-state index contributed by atoms with van der Waals surface area (Å²) in [6.07, 6.45) is 0.0392. The monoisotopic (exact) mass is 250 g/mol. The smallest absolute Gasteiger partial charge is 0.221 e. The standard InChI is InChI=1S/C10H18FNO3S/c1-10(2,7-9(14)15)12-8(13)3-5-16-6-4-11/h3-7H2,1-2H3,(H,12,13)(H,14,15)/p-1. The summed E-state index contributed by atoms with van der Waals surface area (Å²) in [4.78, 5) is 21.8. The summed E-state index contributed by atoms with van der Waals surface area (Å²) in [5, 5.41) is 13.0. The Labute approximate surface area is 99.0 Å². The van der Waals surface area contributed by atoms with Crippen LogP contribution in [0.4, 0.5) is 4.39 Å². The van der Waals surface area contributed by atoms with Crippen LogP contribution in [0.1, 0.15) is 26.7 Å². The molecule has 0 saturated carbocycles. The molecule has 0 atom stereocenters. The molecule has 0 unspecified atom stereocenters. The first-order valence-corrected chi connectivity index (χ1v) is 6.17. The zero-order chi connectivity index (χ0) is 12.6. The van der Waals surface area contributed by atoms with Crippen LogP contribution < -0.4 is 10.4 Å². The van der Waals surface area contributed by atoms with Gasteiger partial charge >= 0.3 is 0 Å². The molecule has 0 aromatic heterocycles. The van der Waals surface area contributed by atoms with Crippen molar-refractivity contribution >= 4 is 23.6 Å². The van der Waals surface area contributed by atoms with Gasteiger partial charge in [0.05, 0.1) is 6.67 Å². The summed E-state index contributed by atoms with van der Waals surface area (Å²) < 4.78 is 11.7. The summed E-state index contributed by atoms with van der Waals surface area (Å²) >= 11 is 1.36. The zero-order valence-corrected chi connectivity index (χ0v) is 10.4. The van der Waals surface area contributed by atoms with Gasteiger partial charge < -0.3 is 15.2 Å². The minimum Gasteiger partial charge on any atom is -0.550 e. The number of carbonyl (C=O) groups is 2. The normalized spacial score (nSPS) is 11.2. The second-order valence-electron chi connectivity index (χ2n) is 4.03. The molecule has 0 spiro atoms. The number of aliphatic carboxylic acids is 1. The highest BCUT2D eigenvalue weighted by Gasteiger charge is 2.20.